The second-order valence-corrected chi connectivity index (χ2v) is 11.1. The van der Waals surface area contributed by atoms with Gasteiger partial charge in [-0.2, -0.15) is 4.98 Å². The van der Waals surface area contributed by atoms with Gasteiger partial charge in [-0.15, -0.1) is 0 Å². The van der Waals surface area contributed by atoms with Gasteiger partial charge in [-0.1, -0.05) is 24.6 Å². The zero-order chi connectivity index (χ0) is 30.5. The quantitative estimate of drug-likeness (QED) is 0.144. The summed E-state index contributed by atoms with van der Waals surface area (Å²) in [5.41, 5.74) is 5.39. The van der Waals surface area contributed by atoms with Crippen molar-refractivity contribution in [1.29, 1.82) is 0 Å². The number of fused-ring (bicyclic) bond motifs is 1. The van der Waals surface area contributed by atoms with Gasteiger partial charge in [0.25, 0.3) is 5.56 Å². The molecular formula is C33H38ClN7O2. The normalized spacial score (nSPS) is 14.8. The number of likely N-dealkylation sites (N-methyl/N-ethyl adjacent to an activating group) is 1. The fourth-order valence-electron chi connectivity index (χ4n) is 5.01. The van der Waals surface area contributed by atoms with E-state index in [1.165, 1.54) is 5.69 Å². The molecule has 0 radical (unpaired) electrons. The monoisotopic (exact) mass is 599 g/mol. The summed E-state index contributed by atoms with van der Waals surface area (Å²) in [5.74, 6) is 0.878. The van der Waals surface area contributed by atoms with Crippen molar-refractivity contribution >= 4 is 45.9 Å². The third kappa shape index (κ3) is 6.73. The highest BCUT2D eigenvalue weighted by Gasteiger charge is 2.17. The van der Waals surface area contributed by atoms with E-state index in [9.17, 15) is 4.79 Å². The van der Waals surface area contributed by atoms with Crippen LogP contribution < -0.4 is 15.8 Å². The highest BCUT2D eigenvalue weighted by molar-refractivity contribution is 6.33. The van der Waals surface area contributed by atoms with Gasteiger partial charge in [0.1, 0.15) is 5.65 Å². The van der Waals surface area contributed by atoms with E-state index in [2.05, 4.69) is 51.2 Å². The van der Waals surface area contributed by atoms with Gasteiger partial charge in [0, 0.05) is 84.4 Å². The molecule has 1 aliphatic heterocycles. The van der Waals surface area contributed by atoms with Gasteiger partial charge in [-0.25, -0.2) is 4.98 Å². The molecule has 2 aromatic carbocycles. The number of allylic oxidation sites excluding steroid dienone is 1. The molecule has 0 atom stereocenters. The van der Waals surface area contributed by atoms with E-state index >= 15 is 0 Å². The van der Waals surface area contributed by atoms with Crippen LogP contribution in [-0.2, 0) is 11.3 Å². The Labute approximate surface area is 257 Å². The number of aryl methyl sites for hydroxylation is 1. The maximum atomic E-state index is 13.7. The average molecular weight is 600 g/mol. The molecule has 3 heterocycles. The van der Waals surface area contributed by atoms with Crippen molar-refractivity contribution in [1.82, 2.24) is 19.4 Å². The second kappa shape index (κ2) is 13.4. The summed E-state index contributed by atoms with van der Waals surface area (Å²) in [7, 11) is 3.82. The van der Waals surface area contributed by atoms with Crippen LogP contribution in [0.15, 0.2) is 76.3 Å². The summed E-state index contributed by atoms with van der Waals surface area (Å²) >= 11 is 6.74. The predicted octanol–water partition coefficient (Wildman–Crippen LogP) is 6.33. The number of rotatable bonds is 8. The summed E-state index contributed by atoms with van der Waals surface area (Å²) in [6, 6.07) is 15.5. The number of aromatic nitrogens is 3. The molecule has 9 nitrogen and oxygen atoms in total. The van der Waals surface area contributed by atoms with Crippen molar-refractivity contribution in [2.45, 2.75) is 33.7 Å². The van der Waals surface area contributed by atoms with Crippen LogP contribution in [0.25, 0.3) is 22.2 Å². The van der Waals surface area contributed by atoms with Crippen LogP contribution in [0.2, 0.25) is 5.02 Å². The highest BCUT2D eigenvalue weighted by Crippen LogP contribution is 2.29. The summed E-state index contributed by atoms with van der Waals surface area (Å²) in [6.07, 6.45) is 4.31. The number of aliphatic imine (C=N–C) groups is 1. The van der Waals surface area contributed by atoms with E-state index in [4.69, 9.17) is 21.3 Å². The molecule has 0 amide bonds. The van der Waals surface area contributed by atoms with Crippen LogP contribution in [0.1, 0.15) is 32.8 Å². The molecule has 0 spiro atoms. The van der Waals surface area contributed by atoms with Crippen molar-refractivity contribution < 1.29 is 4.74 Å². The first-order chi connectivity index (χ1) is 20.8. The lowest BCUT2D eigenvalue weighted by molar-refractivity contribution is 0.313. The number of anilines is 3. The Morgan fingerprint density at radius 3 is 2.47 bits per heavy atom. The minimum Gasteiger partial charge on any atom is -0.447 e. The van der Waals surface area contributed by atoms with E-state index in [-0.39, 0.29) is 5.56 Å². The maximum Gasteiger partial charge on any atom is 0.260 e. The SMILES string of the molecule is CCC(C)=COC(=NC)c1ccc(-c2cc3cnc(Nc4ccc(N5CCN(C)CC5)cc4)nc3n(CC)c2=O)c(Cl)c1. The van der Waals surface area contributed by atoms with Crippen molar-refractivity contribution in [2.24, 2.45) is 4.99 Å². The largest absolute Gasteiger partial charge is 0.447 e. The van der Waals surface area contributed by atoms with Crippen molar-refractivity contribution in [3.63, 3.8) is 0 Å². The number of hydrogen-bond acceptors (Lipinski definition) is 8. The lowest BCUT2D eigenvalue weighted by atomic mass is 10.0. The summed E-state index contributed by atoms with van der Waals surface area (Å²) in [5, 5.41) is 4.46. The fourth-order valence-corrected chi connectivity index (χ4v) is 5.29. The van der Waals surface area contributed by atoms with E-state index in [1.807, 2.05) is 38.1 Å². The second-order valence-electron chi connectivity index (χ2n) is 10.7. The predicted molar refractivity (Wildman–Crippen MR) is 177 cm³/mol. The minimum absolute atomic E-state index is 0.173. The van der Waals surface area contributed by atoms with E-state index < -0.39 is 0 Å². The number of benzene rings is 2. The number of ether oxygens (including phenoxy) is 1. The third-order valence-corrected chi connectivity index (χ3v) is 8.09. The Bertz CT molecular complexity index is 1720. The Hall–Kier alpha value is -4.21. The molecule has 0 unspecified atom stereocenters. The van der Waals surface area contributed by atoms with Crippen LogP contribution in [0.5, 0.6) is 0 Å². The molecule has 1 saturated heterocycles. The van der Waals surface area contributed by atoms with Crippen molar-refractivity contribution in [3.05, 3.63) is 87.5 Å². The highest BCUT2D eigenvalue weighted by atomic mass is 35.5. The fraction of sp³-hybridized carbons (Fsp3) is 0.333. The first-order valence-corrected chi connectivity index (χ1v) is 15.0. The molecule has 5 rings (SSSR count). The number of hydrogen-bond donors (Lipinski definition) is 1. The Kier molecular flexibility index (Phi) is 9.43. The van der Waals surface area contributed by atoms with Crippen LogP contribution in [-0.4, -0.2) is 65.6 Å². The molecule has 1 aliphatic rings. The zero-order valence-electron chi connectivity index (χ0n) is 25.4. The molecule has 0 aliphatic carbocycles. The lowest BCUT2D eigenvalue weighted by Gasteiger charge is -2.34. The zero-order valence-corrected chi connectivity index (χ0v) is 26.1. The molecule has 10 heteroatoms. The first-order valence-electron chi connectivity index (χ1n) is 14.6. The number of piperazine rings is 1. The summed E-state index contributed by atoms with van der Waals surface area (Å²) < 4.78 is 7.43. The van der Waals surface area contributed by atoms with Crippen LogP contribution in [0, 0.1) is 0 Å². The molecular weight excluding hydrogens is 562 g/mol. The number of nitrogens with one attached hydrogen (secondary N) is 1. The minimum atomic E-state index is -0.173. The number of halogens is 1. The van der Waals surface area contributed by atoms with E-state index in [0.717, 1.165) is 54.8 Å². The molecule has 1 N–H and O–H groups in total. The molecule has 1 fully saturated rings. The van der Waals surface area contributed by atoms with Crippen molar-refractivity contribution in [3.8, 4) is 11.1 Å². The van der Waals surface area contributed by atoms with Gasteiger partial charge >= 0.3 is 0 Å². The Balaban J connectivity index is 1.40. The standard InChI is InChI=1S/C33H38ClN7O2/c1-6-22(3)21-43-31(35-4)23-8-13-27(29(34)19-23)28-18-24-20-36-33(38-30(24)41(7-2)32(28)42)37-25-9-11-26(12-10-25)40-16-14-39(5)15-17-40/h8-13,18-21H,6-7,14-17H2,1-5H3,(H,36,37,38). The molecule has 43 heavy (non-hydrogen) atoms. The van der Waals surface area contributed by atoms with E-state index in [0.29, 0.717) is 40.2 Å². The molecule has 0 saturated carbocycles. The van der Waals surface area contributed by atoms with Crippen LogP contribution >= 0.6 is 11.6 Å². The Morgan fingerprint density at radius 1 is 1.07 bits per heavy atom. The smallest absolute Gasteiger partial charge is 0.260 e. The van der Waals surface area contributed by atoms with Gasteiger partial charge in [-0.3, -0.25) is 14.4 Å². The van der Waals surface area contributed by atoms with Crippen LogP contribution in [0.4, 0.5) is 17.3 Å². The maximum absolute atomic E-state index is 13.7. The van der Waals surface area contributed by atoms with Gasteiger partial charge in [-0.05, 0) is 75.4 Å². The van der Waals surface area contributed by atoms with E-state index in [1.54, 1.807) is 36.2 Å². The molecule has 224 valence electrons. The first kappa shape index (κ1) is 30.3. The number of nitrogens with zero attached hydrogens (tertiary/aromatic N) is 6. The van der Waals surface area contributed by atoms with Gasteiger partial charge in [0.15, 0.2) is 0 Å². The van der Waals surface area contributed by atoms with Gasteiger partial charge in [0.05, 0.1) is 6.26 Å². The molecule has 4 aromatic rings. The summed E-state index contributed by atoms with van der Waals surface area (Å²) in [4.78, 5) is 32.0. The van der Waals surface area contributed by atoms with Crippen molar-refractivity contribution in [2.75, 3.05) is 50.5 Å². The molecule has 0 bridgehead atoms. The Morgan fingerprint density at radius 2 is 1.81 bits per heavy atom. The summed E-state index contributed by atoms with van der Waals surface area (Å²) in [6.45, 7) is 10.6. The van der Waals surface area contributed by atoms with Crippen LogP contribution in [0.3, 0.4) is 0 Å². The average Bonchev–Trinajstić information content (AvgIpc) is 3.02. The molecule has 2 aromatic heterocycles. The van der Waals surface area contributed by atoms with Gasteiger partial charge < -0.3 is 19.9 Å². The third-order valence-electron chi connectivity index (χ3n) is 7.77. The topological polar surface area (TPSA) is 87.9 Å². The van der Waals surface area contributed by atoms with Gasteiger partial charge in [0.2, 0.25) is 11.8 Å². The lowest BCUT2D eigenvalue weighted by Crippen LogP contribution is -2.44. The number of pyridine rings is 1.